The number of ether oxygens (including phenoxy) is 2. The molecule has 102 valence electrons. The second-order valence-electron chi connectivity index (χ2n) is 5.05. The first kappa shape index (κ1) is 13.4. The second-order valence-corrected chi connectivity index (χ2v) is 5.05. The normalized spacial score (nSPS) is 23.4. The van der Waals surface area contributed by atoms with Crippen LogP contribution in [0.5, 0.6) is 0 Å². The molecular weight excluding hydrogens is 230 g/mol. The Balaban J connectivity index is 1.87. The van der Waals surface area contributed by atoms with E-state index in [2.05, 4.69) is 21.8 Å². The third-order valence-corrected chi connectivity index (χ3v) is 3.33. The highest BCUT2D eigenvalue weighted by Gasteiger charge is 2.30. The lowest BCUT2D eigenvalue weighted by Gasteiger charge is -2.24. The predicted octanol–water partition coefficient (Wildman–Crippen LogP) is 1.90. The van der Waals surface area contributed by atoms with E-state index in [1.54, 1.807) is 7.11 Å². The van der Waals surface area contributed by atoms with Gasteiger partial charge in [0.2, 0.25) is 5.95 Å². The van der Waals surface area contributed by atoms with E-state index < -0.39 is 0 Å². The molecule has 1 aliphatic rings. The number of methoxy groups -OCH3 is 1. The second kappa shape index (κ2) is 6.20. The summed E-state index contributed by atoms with van der Waals surface area (Å²) in [6, 6.07) is 0. The van der Waals surface area contributed by atoms with Gasteiger partial charge in [-0.3, -0.25) is 0 Å². The minimum atomic E-state index is -0.0380. The summed E-state index contributed by atoms with van der Waals surface area (Å²) in [6.45, 7) is 5.56. The first-order valence-electron chi connectivity index (χ1n) is 6.61. The monoisotopic (exact) mass is 253 g/mol. The summed E-state index contributed by atoms with van der Waals surface area (Å²) in [7, 11) is 1.72. The highest BCUT2D eigenvalue weighted by Crippen LogP contribution is 2.27. The van der Waals surface area contributed by atoms with Gasteiger partial charge in [0.05, 0.1) is 12.1 Å². The van der Waals surface area contributed by atoms with Gasteiger partial charge in [0, 0.05) is 39.3 Å². The summed E-state index contributed by atoms with van der Waals surface area (Å²) in [4.78, 5) is 4.34. The molecule has 2 heterocycles. The fraction of sp³-hybridized carbons (Fsp3) is 0.769. The van der Waals surface area contributed by atoms with E-state index in [1.165, 1.54) is 0 Å². The van der Waals surface area contributed by atoms with Crippen molar-refractivity contribution < 1.29 is 9.47 Å². The molecule has 5 heteroatoms. The van der Waals surface area contributed by atoms with E-state index in [1.807, 2.05) is 12.4 Å². The largest absolute Gasteiger partial charge is 0.385 e. The van der Waals surface area contributed by atoms with Crippen molar-refractivity contribution in [3.8, 4) is 0 Å². The molecule has 2 rings (SSSR count). The van der Waals surface area contributed by atoms with Crippen LogP contribution in [0.25, 0.3) is 0 Å². The standard InChI is InChI=1S/C13H23N3O2/c1-13(5-3-10-18-13)11-16-8-7-15-12(16)14-6-4-9-17-2/h7-8H,3-6,9-11H2,1-2H3,(H,14,15). The molecule has 1 unspecified atom stereocenters. The minimum Gasteiger partial charge on any atom is -0.385 e. The van der Waals surface area contributed by atoms with Crippen molar-refractivity contribution >= 4 is 5.95 Å². The maximum Gasteiger partial charge on any atom is 0.202 e. The summed E-state index contributed by atoms with van der Waals surface area (Å²) in [5, 5.41) is 3.34. The van der Waals surface area contributed by atoms with Gasteiger partial charge in [-0.05, 0) is 26.2 Å². The Bertz CT molecular complexity index is 359. The van der Waals surface area contributed by atoms with Crippen LogP contribution in [-0.2, 0) is 16.0 Å². The number of nitrogens with one attached hydrogen (secondary N) is 1. The zero-order chi connectivity index (χ0) is 12.8. The molecule has 1 aromatic rings. The molecular formula is C13H23N3O2. The van der Waals surface area contributed by atoms with Crippen LogP contribution < -0.4 is 5.32 Å². The topological polar surface area (TPSA) is 48.3 Å². The first-order chi connectivity index (χ1) is 8.73. The molecule has 0 amide bonds. The fourth-order valence-corrected chi connectivity index (χ4v) is 2.34. The van der Waals surface area contributed by atoms with Crippen LogP contribution >= 0.6 is 0 Å². The number of nitrogens with zero attached hydrogens (tertiary/aromatic N) is 2. The molecule has 0 bridgehead atoms. The zero-order valence-electron chi connectivity index (χ0n) is 11.3. The van der Waals surface area contributed by atoms with E-state index in [4.69, 9.17) is 9.47 Å². The van der Waals surface area contributed by atoms with Crippen LogP contribution in [0.3, 0.4) is 0 Å². The number of hydrogen-bond donors (Lipinski definition) is 1. The number of hydrogen-bond acceptors (Lipinski definition) is 4. The molecule has 1 atom stereocenters. The fourth-order valence-electron chi connectivity index (χ4n) is 2.34. The van der Waals surface area contributed by atoms with Crippen molar-refractivity contribution in [1.29, 1.82) is 0 Å². The van der Waals surface area contributed by atoms with Gasteiger partial charge >= 0.3 is 0 Å². The zero-order valence-corrected chi connectivity index (χ0v) is 11.3. The van der Waals surface area contributed by atoms with Crippen LogP contribution in [0.1, 0.15) is 26.2 Å². The van der Waals surface area contributed by atoms with Crippen LogP contribution in [0, 0.1) is 0 Å². The average Bonchev–Trinajstić information content (AvgIpc) is 2.95. The molecule has 1 saturated heterocycles. The molecule has 0 aliphatic carbocycles. The lowest BCUT2D eigenvalue weighted by atomic mass is 10.0. The molecule has 0 spiro atoms. The molecule has 0 saturated carbocycles. The van der Waals surface area contributed by atoms with E-state index in [-0.39, 0.29) is 5.60 Å². The van der Waals surface area contributed by atoms with E-state index in [0.717, 1.165) is 51.5 Å². The van der Waals surface area contributed by atoms with Crippen molar-refractivity contribution in [2.75, 3.05) is 32.2 Å². The van der Waals surface area contributed by atoms with Gasteiger partial charge < -0.3 is 19.4 Å². The van der Waals surface area contributed by atoms with Crippen molar-refractivity contribution in [1.82, 2.24) is 9.55 Å². The van der Waals surface area contributed by atoms with Gasteiger partial charge in [-0.2, -0.15) is 0 Å². The van der Waals surface area contributed by atoms with Crippen molar-refractivity contribution in [2.45, 2.75) is 38.3 Å². The molecule has 1 aliphatic heterocycles. The molecule has 0 radical (unpaired) electrons. The maximum atomic E-state index is 5.82. The molecule has 1 fully saturated rings. The van der Waals surface area contributed by atoms with Crippen LogP contribution in [0.2, 0.25) is 0 Å². The Morgan fingerprint density at radius 3 is 3.22 bits per heavy atom. The Labute approximate surface area is 108 Å². The summed E-state index contributed by atoms with van der Waals surface area (Å²) < 4.78 is 13.0. The van der Waals surface area contributed by atoms with Gasteiger partial charge in [-0.1, -0.05) is 0 Å². The predicted molar refractivity (Wildman–Crippen MR) is 70.8 cm³/mol. The Kier molecular flexibility index (Phi) is 4.60. The van der Waals surface area contributed by atoms with Gasteiger partial charge in [0.1, 0.15) is 0 Å². The summed E-state index contributed by atoms with van der Waals surface area (Å²) >= 11 is 0. The van der Waals surface area contributed by atoms with Crippen molar-refractivity contribution in [2.24, 2.45) is 0 Å². The molecule has 5 nitrogen and oxygen atoms in total. The quantitative estimate of drug-likeness (QED) is 0.754. The third kappa shape index (κ3) is 3.46. The molecule has 18 heavy (non-hydrogen) atoms. The Morgan fingerprint density at radius 1 is 1.61 bits per heavy atom. The number of rotatable bonds is 7. The van der Waals surface area contributed by atoms with Gasteiger partial charge in [-0.25, -0.2) is 4.98 Å². The third-order valence-electron chi connectivity index (χ3n) is 3.33. The van der Waals surface area contributed by atoms with E-state index in [0.29, 0.717) is 0 Å². The number of aromatic nitrogens is 2. The number of imidazole rings is 1. The van der Waals surface area contributed by atoms with E-state index >= 15 is 0 Å². The van der Waals surface area contributed by atoms with Crippen LogP contribution in [-0.4, -0.2) is 42.0 Å². The van der Waals surface area contributed by atoms with Gasteiger partial charge in [0.15, 0.2) is 0 Å². The van der Waals surface area contributed by atoms with Crippen molar-refractivity contribution in [3.63, 3.8) is 0 Å². The van der Waals surface area contributed by atoms with Crippen LogP contribution in [0.15, 0.2) is 12.4 Å². The van der Waals surface area contributed by atoms with Gasteiger partial charge in [0.25, 0.3) is 0 Å². The lowest BCUT2D eigenvalue weighted by Crippen LogP contribution is -2.30. The summed E-state index contributed by atoms with van der Waals surface area (Å²) in [6.07, 6.45) is 7.09. The molecule has 0 aromatic carbocycles. The highest BCUT2D eigenvalue weighted by atomic mass is 16.5. The first-order valence-corrected chi connectivity index (χ1v) is 6.61. The Hall–Kier alpha value is -1.07. The van der Waals surface area contributed by atoms with Gasteiger partial charge in [-0.15, -0.1) is 0 Å². The van der Waals surface area contributed by atoms with Crippen LogP contribution in [0.4, 0.5) is 5.95 Å². The maximum absolute atomic E-state index is 5.82. The van der Waals surface area contributed by atoms with E-state index in [9.17, 15) is 0 Å². The lowest BCUT2D eigenvalue weighted by molar-refractivity contribution is 0.00663. The summed E-state index contributed by atoms with van der Waals surface area (Å²) in [5.41, 5.74) is -0.0380. The molecule has 1 aromatic heterocycles. The minimum absolute atomic E-state index is 0.0380. The smallest absolute Gasteiger partial charge is 0.202 e. The molecule has 1 N–H and O–H groups in total. The highest BCUT2D eigenvalue weighted by molar-refractivity contribution is 5.25. The van der Waals surface area contributed by atoms with Crippen molar-refractivity contribution in [3.05, 3.63) is 12.4 Å². The summed E-state index contributed by atoms with van der Waals surface area (Å²) in [5.74, 6) is 0.919. The number of anilines is 1. The SMILES string of the molecule is COCCCNc1nccn1CC1(C)CCCO1. The Morgan fingerprint density at radius 2 is 2.50 bits per heavy atom. The average molecular weight is 253 g/mol.